The van der Waals surface area contributed by atoms with Crippen LogP contribution < -0.4 is 10.5 Å². The van der Waals surface area contributed by atoms with Gasteiger partial charge in [0.05, 0.1) is 6.61 Å². The van der Waals surface area contributed by atoms with Gasteiger partial charge in [0.15, 0.2) is 0 Å². The molecule has 2 nitrogen and oxygen atoms in total. The molecule has 0 heterocycles. The van der Waals surface area contributed by atoms with E-state index in [1.807, 2.05) is 0 Å². The quantitative estimate of drug-likeness (QED) is 0.744. The van der Waals surface area contributed by atoms with Crippen molar-refractivity contribution in [3.8, 4) is 5.75 Å². The van der Waals surface area contributed by atoms with E-state index in [1.54, 1.807) is 0 Å². The lowest BCUT2D eigenvalue weighted by Crippen LogP contribution is -2.15. The zero-order chi connectivity index (χ0) is 16.8. The highest BCUT2D eigenvalue weighted by molar-refractivity contribution is 5.36. The van der Waals surface area contributed by atoms with Crippen molar-refractivity contribution in [2.45, 2.75) is 46.5 Å². The highest BCUT2D eigenvalue weighted by atomic mass is 16.5. The maximum absolute atomic E-state index is 6.02. The molecule has 0 saturated carbocycles. The average Bonchev–Trinajstić information content (AvgIpc) is 2.53. The van der Waals surface area contributed by atoms with E-state index in [-0.39, 0.29) is 0 Å². The molecule has 1 unspecified atom stereocenters. The standard InChI is InChI=1S/C21H29NO/c1-15-7-9-17(3)20(12-15)19(14-22)6-5-11-23-21-13-16(2)8-10-18(21)4/h7-10,12-13,19H,5-6,11,14,22H2,1-4H3. The first kappa shape index (κ1) is 17.6. The maximum atomic E-state index is 6.02. The Morgan fingerprint density at radius 3 is 2.26 bits per heavy atom. The number of ether oxygens (including phenoxy) is 1. The van der Waals surface area contributed by atoms with Crippen molar-refractivity contribution in [1.82, 2.24) is 0 Å². The van der Waals surface area contributed by atoms with Crippen LogP contribution in [0, 0.1) is 27.7 Å². The molecular formula is C21H29NO. The second-order valence-corrected chi connectivity index (χ2v) is 6.55. The number of benzene rings is 2. The van der Waals surface area contributed by atoms with Crippen molar-refractivity contribution >= 4 is 0 Å². The van der Waals surface area contributed by atoms with Crippen LogP contribution in [0.5, 0.6) is 5.75 Å². The van der Waals surface area contributed by atoms with Gasteiger partial charge in [-0.15, -0.1) is 0 Å². The summed E-state index contributed by atoms with van der Waals surface area (Å²) < 4.78 is 5.96. The molecule has 0 aliphatic rings. The fourth-order valence-electron chi connectivity index (χ4n) is 2.97. The molecule has 0 saturated heterocycles. The molecule has 0 bridgehead atoms. The summed E-state index contributed by atoms with van der Waals surface area (Å²) in [6.07, 6.45) is 2.08. The summed E-state index contributed by atoms with van der Waals surface area (Å²) in [6.45, 7) is 9.93. The van der Waals surface area contributed by atoms with Crippen LogP contribution in [0.25, 0.3) is 0 Å². The van der Waals surface area contributed by atoms with Crippen LogP contribution >= 0.6 is 0 Å². The van der Waals surface area contributed by atoms with Gasteiger partial charge in [-0.3, -0.25) is 0 Å². The summed E-state index contributed by atoms with van der Waals surface area (Å²) in [5.74, 6) is 1.41. The molecule has 2 aromatic rings. The summed E-state index contributed by atoms with van der Waals surface area (Å²) >= 11 is 0. The Morgan fingerprint density at radius 2 is 1.57 bits per heavy atom. The Balaban J connectivity index is 1.91. The zero-order valence-electron chi connectivity index (χ0n) is 14.9. The van der Waals surface area contributed by atoms with Crippen molar-refractivity contribution in [3.63, 3.8) is 0 Å². The number of hydrogen-bond donors (Lipinski definition) is 1. The molecule has 2 N–H and O–H groups in total. The molecule has 23 heavy (non-hydrogen) atoms. The Morgan fingerprint density at radius 1 is 0.913 bits per heavy atom. The lowest BCUT2D eigenvalue weighted by Gasteiger charge is -2.19. The molecule has 124 valence electrons. The first-order valence-electron chi connectivity index (χ1n) is 8.48. The highest BCUT2D eigenvalue weighted by Gasteiger charge is 2.12. The third-order valence-electron chi connectivity index (χ3n) is 4.46. The second kappa shape index (κ2) is 8.16. The SMILES string of the molecule is Cc1ccc(C)c(OCCCC(CN)c2cc(C)ccc2C)c1. The van der Waals surface area contributed by atoms with Gasteiger partial charge >= 0.3 is 0 Å². The third-order valence-corrected chi connectivity index (χ3v) is 4.46. The van der Waals surface area contributed by atoms with E-state index in [9.17, 15) is 0 Å². The largest absolute Gasteiger partial charge is 0.493 e. The number of aryl methyl sites for hydroxylation is 4. The lowest BCUT2D eigenvalue weighted by atomic mass is 9.90. The summed E-state index contributed by atoms with van der Waals surface area (Å²) in [5.41, 5.74) is 12.5. The summed E-state index contributed by atoms with van der Waals surface area (Å²) in [5, 5.41) is 0. The minimum atomic E-state index is 0.414. The smallest absolute Gasteiger partial charge is 0.122 e. The van der Waals surface area contributed by atoms with Gasteiger partial charge in [-0.25, -0.2) is 0 Å². The number of rotatable bonds is 7. The maximum Gasteiger partial charge on any atom is 0.122 e. The zero-order valence-corrected chi connectivity index (χ0v) is 14.9. The first-order valence-corrected chi connectivity index (χ1v) is 8.48. The molecule has 0 radical (unpaired) electrons. The van der Waals surface area contributed by atoms with E-state index in [1.165, 1.54) is 27.8 Å². The molecule has 0 spiro atoms. The van der Waals surface area contributed by atoms with Gasteiger partial charge in [0.2, 0.25) is 0 Å². The van der Waals surface area contributed by atoms with E-state index < -0.39 is 0 Å². The van der Waals surface area contributed by atoms with Crippen LogP contribution in [0.4, 0.5) is 0 Å². The Labute approximate surface area is 140 Å². The van der Waals surface area contributed by atoms with E-state index >= 15 is 0 Å². The van der Waals surface area contributed by atoms with Crippen LogP contribution in [0.2, 0.25) is 0 Å². The molecule has 0 fully saturated rings. The van der Waals surface area contributed by atoms with Crippen LogP contribution in [-0.4, -0.2) is 13.2 Å². The van der Waals surface area contributed by atoms with Crippen molar-refractivity contribution < 1.29 is 4.74 Å². The van der Waals surface area contributed by atoms with Crippen LogP contribution in [0.3, 0.4) is 0 Å². The van der Waals surface area contributed by atoms with Crippen LogP contribution in [0.1, 0.15) is 46.6 Å². The molecular weight excluding hydrogens is 282 g/mol. The van der Waals surface area contributed by atoms with Crippen molar-refractivity contribution in [1.29, 1.82) is 0 Å². The fraction of sp³-hybridized carbons (Fsp3) is 0.429. The molecule has 1 atom stereocenters. The van der Waals surface area contributed by atoms with Gasteiger partial charge in [0.1, 0.15) is 5.75 Å². The summed E-state index contributed by atoms with van der Waals surface area (Å²) in [4.78, 5) is 0. The average molecular weight is 311 g/mol. The van der Waals surface area contributed by atoms with Gasteiger partial charge < -0.3 is 10.5 Å². The monoisotopic (exact) mass is 311 g/mol. The molecule has 2 heteroatoms. The van der Waals surface area contributed by atoms with Crippen molar-refractivity contribution in [3.05, 3.63) is 64.2 Å². The normalized spacial score (nSPS) is 12.2. The third kappa shape index (κ3) is 4.84. The first-order chi connectivity index (χ1) is 11.0. The number of hydrogen-bond acceptors (Lipinski definition) is 2. The van der Waals surface area contributed by atoms with Crippen LogP contribution in [0.15, 0.2) is 36.4 Å². The van der Waals surface area contributed by atoms with E-state index in [0.29, 0.717) is 12.5 Å². The Kier molecular flexibility index (Phi) is 6.23. The van der Waals surface area contributed by atoms with Gasteiger partial charge in [-0.2, -0.15) is 0 Å². The molecule has 2 rings (SSSR count). The molecule has 2 aromatic carbocycles. The second-order valence-electron chi connectivity index (χ2n) is 6.55. The summed E-state index contributed by atoms with van der Waals surface area (Å²) in [6, 6.07) is 13.0. The minimum Gasteiger partial charge on any atom is -0.493 e. The van der Waals surface area contributed by atoms with Crippen molar-refractivity contribution in [2.75, 3.05) is 13.2 Å². The fourth-order valence-corrected chi connectivity index (χ4v) is 2.97. The van der Waals surface area contributed by atoms with E-state index in [4.69, 9.17) is 10.5 Å². The predicted octanol–water partition coefficient (Wildman–Crippen LogP) is 4.82. The lowest BCUT2D eigenvalue weighted by molar-refractivity contribution is 0.299. The Bertz CT molecular complexity index is 648. The van der Waals surface area contributed by atoms with E-state index in [0.717, 1.165) is 25.2 Å². The van der Waals surface area contributed by atoms with Gasteiger partial charge in [-0.05, 0) is 81.3 Å². The van der Waals surface area contributed by atoms with Gasteiger partial charge in [-0.1, -0.05) is 35.9 Å². The van der Waals surface area contributed by atoms with Crippen LogP contribution in [-0.2, 0) is 0 Å². The highest BCUT2D eigenvalue weighted by Crippen LogP contribution is 2.25. The number of nitrogens with two attached hydrogens (primary N) is 1. The van der Waals surface area contributed by atoms with Gasteiger partial charge in [0, 0.05) is 0 Å². The Hall–Kier alpha value is -1.80. The topological polar surface area (TPSA) is 35.2 Å². The molecule has 0 aliphatic carbocycles. The molecule has 0 aromatic heterocycles. The molecule has 0 aliphatic heterocycles. The van der Waals surface area contributed by atoms with E-state index in [2.05, 4.69) is 64.1 Å². The molecule has 0 amide bonds. The van der Waals surface area contributed by atoms with Gasteiger partial charge in [0.25, 0.3) is 0 Å². The summed E-state index contributed by atoms with van der Waals surface area (Å²) in [7, 11) is 0. The van der Waals surface area contributed by atoms with Crippen molar-refractivity contribution in [2.24, 2.45) is 5.73 Å². The minimum absolute atomic E-state index is 0.414. The predicted molar refractivity (Wildman–Crippen MR) is 98.4 cm³/mol.